The SMILES string of the molecule is CCCn1c(SCC(=O)Nc2cc(Cl)ccc2OC)nc(O)cc1=O. The largest absolute Gasteiger partial charge is 0.495 e. The van der Waals surface area contributed by atoms with Gasteiger partial charge in [0, 0.05) is 11.6 Å². The molecule has 7 nitrogen and oxygen atoms in total. The number of carbonyl (C=O) groups is 1. The van der Waals surface area contributed by atoms with E-state index in [9.17, 15) is 14.7 Å². The van der Waals surface area contributed by atoms with Crippen molar-refractivity contribution in [3.05, 3.63) is 39.6 Å². The summed E-state index contributed by atoms with van der Waals surface area (Å²) in [6.45, 7) is 2.38. The molecule has 0 aliphatic heterocycles. The number of benzene rings is 1. The Bertz CT molecular complexity index is 826. The quantitative estimate of drug-likeness (QED) is 0.564. The fourth-order valence-electron chi connectivity index (χ4n) is 2.11. The van der Waals surface area contributed by atoms with Crippen LogP contribution in [0.2, 0.25) is 5.02 Å². The smallest absolute Gasteiger partial charge is 0.257 e. The zero-order valence-corrected chi connectivity index (χ0v) is 15.4. The van der Waals surface area contributed by atoms with E-state index in [2.05, 4.69) is 10.3 Å². The third-order valence-electron chi connectivity index (χ3n) is 3.17. The Hall–Kier alpha value is -2.19. The molecule has 2 rings (SSSR count). The average molecular weight is 384 g/mol. The first kappa shape index (κ1) is 19.1. The lowest BCUT2D eigenvalue weighted by Crippen LogP contribution is -2.23. The van der Waals surface area contributed by atoms with Crippen LogP contribution in [0.4, 0.5) is 5.69 Å². The third-order valence-corrected chi connectivity index (χ3v) is 4.39. The highest BCUT2D eigenvalue weighted by atomic mass is 35.5. The Morgan fingerprint density at radius 1 is 1.44 bits per heavy atom. The van der Waals surface area contributed by atoms with Gasteiger partial charge in [0.25, 0.3) is 5.56 Å². The molecule has 1 amide bonds. The van der Waals surface area contributed by atoms with Gasteiger partial charge in [-0.05, 0) is 24.6 Å². The number of thioether (sulfide) groups is 1. The van der Waals surface area contributed by atoms with Gasteiger partial charge >= 0.3 is 0 Å². The van der Waals surface area contributed by atoms with Crippen LogP contribution < -0.4 is 15.6 Å². The van der Waals surface area contributed by atoms with Gasteiger partial charge in [0.15, 0.2) is 5.16 Å². The molecule has 1 aromatic carbocycles. The summed E-state index contributed by atoms with van der Waals surface area (Å²) in [7, 11) is 1.49. The molecule has 2 N–H and O–H groups in total. The van der Waals surface area contributed by atoms with E-state index in [1.165, 1.54) is 11.7 Å². The van der Waals surface area contributed by atoms with Crippen LogP contribution in [0.25, 0.3) is 0 Å². The zero-order chi connectivity index (χ0) is 18.4. The third kappa shape index (κ3) is 5.14. The molecule has 0 aliphatic carbocycles. The molecule has 25 heavy (non-hydrogen) atoms. The van der Waals surface area contributed by atoms with Gasteiger partial charge in [0.1, 0.15) is 5.75 Å². The van der Waals surface area contributed by atoms with Crippen LogP contribution in [0.5, 0.6) is 11.6 Å². The normalized spacial score (nSPS) is 10.5. The second kappa shape index (κ2) is 8.77. The molecule has 2 aromatic rings. The number of amides is 1. The molecule has 1 aromatic heterocycles. The second-order valence-corrected chi connectivity index (χ2v) is 6.45. The number of carbonyl (C=O) groups excluding carboxylic acids is 1. The van der Waals surface area contributed by atoms with E-state index in [0.29, 0.717) is 28.2 Å². The average Bonchev–Trinajstić information content (AvgIpc) is 2.56. The van der Waals surface area contributed by atoms with Crippen molar-refractivity contribution in [2.24, 2.45) is 0 Å². The lowest BCUT2D eigenvalue weighted by atomic mass is 10.3. The summed E-state index contributed by atoms with van der Waals surface area (Å²) in [5, 5.41) is 13.0. The highest BCUT2D eigenvalue weighted by molar-refractivity contribution is 7.99. The minimum Gasteiger partial charge on any atom is -0.495 e. The Labute approximate surface area is 154 Å². The Kier molecular flexibility index (Phi) is 6.72. The van der Waals surface area contributed by atoms with Crippen molar-refractivity contribution in [1.82, 2.24) is 9.55 Å². The van der Waals surface area contributed by atoms with Crippen molar-refractivity contribution in [1.29, 1.82) is 0 Å². The van der Waals surface area contributed by atoms with Crippen LogP contribution in [-0.2, 0) is 11.3 Å². The molecule has 0 radical (unpaired) electrons. The standard InChI is InChI=1S/C16H18ClN3O4S/c1-3-6-20-15(23)8-13(21)19-16(20)25-9-14(22)18-11-7-10(17)4-5-12(11)24-2/h4-5,7-8,21H,3,6,9H2,1-2H3,(H,18,22). The minimum atomic E-state index is -0.364. The van der Waals surface area contributed by atoms with Gasteiger partial charge in [-0.1, -0.05) is 30.3 Å². The second-order valence-electron chi connectivity index (χ2n) is 5.07. The number of hydrogen-bond donors (Lipinski definition) is 2. The number of aromatic hydroxyl groups is 1. The highest BCUT2D eigenvalue weighted by Crippen LogP contribution is 2.28. The Balaban J connectivity index is 2.10. The van der Waals surface area contributed by atoms with E-state index in [4.69, 9.17) is 16.3 Å². The van der Waals surface area contributed by atoms with E-state index in [-0.39, 0.29) is 23.1 Å². The molecule has 0 fully saturated rings. The maximum Gasteiger partial charge on any atom is 0.257 e. The van der Waals surface area contributed by atoms with E-state index >= 15 is 0 Å². The molecule has 1 heterocycles. The molecular weight excluding hydrogens is 366 g/mol. The first-order valence-corrected chi connectivity index (χ1v) is 8.88. The van der Waals surface area contributed by atoms with Crippen molar-refractivity contribution in [2.45, 2.75) is 25.0 Å². The number of hydrogen-bond acceptors (Lipinski definition) is 6. The fourth-order valence-corrected chi connectivity index (χ4v) is 3.11. The first-order chi connectivity index (χ1) is 11.9. The zero-order valence-electron chi connectivity index (χ0n) is 13.8. The van der Waals surface area contributed by atoms with Gasteiger partial charge in [0.2, 0.25) is 11.8 Å². The topological polar surface area (TPSA) is 93.5 Å². The molecular formula is C16H18ClN3O4S. The van der Waals surface area contributed by atoms with Crippen LogP contribution in [0.1, 0.15) is 13.3 Å². The molecule has 134 valence electrons. The van der Waals surface area contributed by atoms with Crippen molar-refractivity contribution < 1.29 is 14.6 Å². The Morgan fingerprint density at radius 3 is 2.88 bits per heavy atom. The lowest BCUT2D eigenvalue weighted by Gasteiger charge is -2.12. The predicted octanol–water partition coefficient (Wildman–Crippen LogP) is 2.75. The molecule has 0 saturated carbocycles. The van der Waals surface area contributed by atoms with Gasteiger partial charge in [-0.3, -0.25) is 14.2 Å². The first-order valence-electron chi connectivity index (χ1n) is 7.51. The van der Waals surface area contributed by atoms with Crippen LogP contribution in [0.15, 0.2) is 34.2 Å². The van der Waals surface area contributed by atoms with Gasteiger partial charge in [-0.2, -0.15) is 4.98 Å². The van der Waals surface area contributed by atoms with Crippen LogP contribution in [0.3, 0.4) is 0 Å². The number of halogens is 1. The Morgan fingerprint density at radius 2 is 2.20 bits per heavy atom. The van der Waals surface area contributed by atoms with E-state index < -0.39 is 0 Å². The summed E-state index contributed by atoms with van der Waals surface area (Å²) in [4.78, 5) is 28.1. The molecule has 0 saturated heterocycles. The summed E-state index contributed by atoms with van der Waals surface area (Å²) in [5.41, 5.74) is 0.101. The van der Waals surface area contributed by atoms with Gasteiger partial charge < -0.3 is 15.2 Å². The van der Waals surface area contributed by atoms with E-state index in [1.54, 1.807) is 18.2 Å². The van der Waals surface area contributed by atoms with Crippen LogP contribution in [0, 0.1) is 0 Å². The fraction of sp³-hybridized carbons (Fsp3) is 0.312. The molecule has 9 heteroatoms. The maximum absolute atomic E-state index is 12.2. The molecule has 0 unspecified atom stereocenters. The maximum atomic E-state index is 12.2. The van der Waals surface area contributed by atoms with Gasteiger partial charge in [-0.15, -0.1) is 0 Å². The number of methoxy groups -OCH3 is 1. The number of nitrogens with zero attached hydrogens (tertiary/aromatic N) is 2. The number of ether oxygens (including phenoxy) is 1. The van der Waals surface area contributed by atoms with Crippen molar-refractivity contribution in [2.75, 3.05) is 18.2 Å². The molecule has 0 spiro atoms. The number of aromatic nitrogens is 2. The van der Waals surface area contributed by atoms with Crippen LogP contribution in [-0.4, -0.2) is 33.4 Å². The van der Waals surface area contributed by atoms with Gasteiger partial charge in [0.05, 0.1) is 24.6 Å². The minimum absolute atomic E-state index is 0.00920. The van der Waals surface area contributed by atoms with E-state index in [1.807, 2.05) is 6.92 Å². The number of nitrogens with one attached hydrogen (secondary N) is 1. The monoisotopic (exact) mass is 383 g/mol. The summed E-state index contributed by atoms with van der Waals surface area (Å²) >= 11 is 7.00. The summed E-state index contributed by atoms with van der Waals surface area (Å²) < 4.78 is 6.60. The predicted molar refractivity (Wildman–Crippen MR) is 97.8 cm³/mol. The van der Waals surface area contributed by atoms with E-state index in [0.717, 1.165) is 24.2 Å². The van der Waals surface area contributed by atoms with Crippen LogP contribution >= 0.6 is 23.4 Å². The number of rotatable bonds is 7. The molecule has 0 atom stereocenters. The lowest BCUT2D eigenvalue weighted by molar-refractivity contribution is -0.113. The summed E-state index contributed by atoms with van der Waals surface area (Å²) in [6, 6.07) is 5.95. The summed E-state index contributed by atoms with van der Waals surface area (Å²) in [5.74, 6) is -0.181. The molecule has 0 aliphatic rings. The van der Waals surface area contributed by atoms with Gasteiger partial charge in [-0.25, -0.2) is 0 Å². The number of anilines is 1. The highest BCUT2D eigenvalue weighted by Gasteiger charge is 2.13. The summed E-state index contributed by atoms with van der Waals surface area (Å²) in [6.07, 6.45) is 0.728. The van der Waals surface area contributed by atoms with Crippen molar-refractivity contribution >= 4 is 35.0 Å². The van der Waals surface area contributed by atoms with Crippen molar-refractivity contribution in [3.8, 4) is 11.6 Å². The van der Waals surface area contributed by atoms with Crippen molar-refractivity contribution in [3.63, 3.8) is 0 Å². The molecule has 0 bridgehead atoms.